The highest BCUT2D eigenvalue weighted by Gasteiger charge is 2.51. The Balaban J connectivity index is 1.36. The molecule has 31 heavy (non-hydrogen) atoms. The zero-order valence-corrected chi connectivity index (χ0v) is 19.6. The van der Waals surface area contributed by atoms with Crippen LogP contribution in [0.25, 0.3) is 16.6 Å². The Morgan fingerprint density at radius 2 is 1.97 bits per heavy atom. The summed E-state index contributed by atoms with van der Waals surface area (Å²) in [7, 11) is 0. The van der Waals surface area contributed by atoms with Gasteiger partial charge in [0.2, 0.25) is 0 Å². The minimum Gasteiger partial charge on any atom is -0.367 e. The Kier molecular flexibility index (Phi) is 5.50. The number of nitrogens with zero attached hydrogens (tertiary/aromatic N) is 3. The average Bonchev–Trinajstić information content (AvgIpc) is 3.55. The van der Waals surface area contributed by atoms with Gasteiger partial charge in [0.25, 0.3) is 0 Å². The van der Waals surface area contributed by atoms with Crippen LogP contribution in [0.4, 0.5) is 0 Å². The van der Waals surface area contributed by atoms with Crippen LogP contribution in [0.2, 0.25) is 5.02 Å². The number of fused-ring (bicyclic) bond motifs is 2. The maximum Gasteiger partial charge on any atom is 0.0727 e. The number of hydrogen-bond donors (Lipinski definition) is 0. The molecule has 0 atom stereocenters. The molecule has 0 amide bonds. The van der Waals surface area contributed by atoms with Crippen molar-refractivity contribution in [2.45, 2.75) is 70.3 Å². The number of pyridine rings is 1. The van der Waals surface area contributed by atoms with Gasteiger partial charge < -0.3 is 9.80 Å². The second-order valence-electron chi connectivity index (χ2n) is 9.70. The summed E-state index contributed by atoms with van der Waals surface area (Å²) in [6.45, 7) is 14.3. The van der Waals surface area contributed by atoms with Crippen LogP contribution >= 0.6 is 11.6 Å². The highest BCUT2D eigenvalue weighted by atomic mass is 35.5. The van der Waals surface area contributed by atoms with Gasteiger partial charge >= 0.3 is 0 Å². The lowest BCUT2D eigenvalue weighted by atomic mass is 9.94. The van der Waals surface area contributed by atoms with E-state index < -0.39 is 0 Å². The maximum absolute atomic E-state index is 6.78. The Bertz CT molecular complexity index is 1040. The van der Waals surface area contributed by atoms with Crippen molar-refractivity contribution in [3.05, 3.63) is 58.9 Å². The molecule has 5 rings (SSSR count). The number of benzene rings is 1. The molecule has 0 unspecified atom stereocenters. The van der Waals surface area contributed by atoms with Gasteiger partial charge in [-0.15, -0.1) is 0 Å². The smallest absolute Gasteiger partial charge is 0.0727 e. The third kappa shape index (κ3) is 3.75. The number of piperazine rings is 1. The van der Waals surface area contributed by atoms with Crippen molar-refractivity contribution < 1.29 is 0 Å². The number of halogens is 1. The van der Waals surface area contributed by atoms with Crippen molar-refractivity contribution in [1.29, 1.82) is 0 Å². The fourth-order valence-corrected chi connectivity index (χ4v) is 5.88. The molecule has 1 spiro atoms. The summed E-state index contributed by atoms with van der Waals surface area (Å²) in [4.78, 5) is 10.1. The normalized spacial score (nSPS) is 19.5. The van der Waals surface area contributed by atoms with Crippen molar-refractivity contribution in [1.82, 2.24) is 14.8 Å². The first-order valence-corrected chi connectivity index (χ1v) is 12.4. The maximum atomic E-state index is 6.78. The number of allylic oxidation sites excluding steroid dienone is 1. The molecule has 1 aromatic heterocycles. The molecule has 164 valence electrons. The van der Waals surface area contributed by atoms with E-state index in [9.17, 15) is 0 Å². The standard InChI is InChI=1S/C27H34ClN3/c1-4-5-8-19(2)31-16-15-30(18-27(31)13-14-27)20(3)21-11-12-23-25(17-21)29-24-10-7-6-9-22(24)26(23)28/h11-12,17H,2-10,13-16,18H2,1H3. The number of hydrogen-bond acceptors (Lipinski definition) is 3. The van der Waals surface area contributed by atoms with Crippen molar-refractivity contribution >= 4 is 28.2 Å². The summed E-state index contributed by atoms with van der Waals surface area (Å²) in [6.07, 6.45) is 10.7. The highest BCUT2D eigenvalue weighted by Crippen LogP contribution is 2.47. The van der Waals surface area contributed by atoms with Crippen LogP contribution in [0, 0.1) is 0 Å². The lowest BCUT2D eigenvalue weighted by Gasteiger charge is -2.46. The van der Waals surface area contributed by atoms with Gasteiger partial charge in [-0.2, -0.15) is 0 Å². The minimum absolute atomic E-state index is 0.281. The topological polar surface area (TPSA) is 19.4 Å². The van der Waals surface area contributed by atoms with Gasteiger partial charge in [0.1, 0.15) is 0 Å². The van der Waals surface area contributed by atoms with E-state index in [4.69, 9.17) is 16.6 Å². The van der Waals surface area contributed by atoms with Crippen LogP contribution in [0.3, 0.4) is 0 Å². The lowest BCUT2D eigenvalue weighted by Crippen LogP contribution is -2.53. The monoisotopic (exact) mass is 435 g/mol. The fourth-order valence-electron chi connectivity index (χ4n) is 5.52. The molecule has 1 aliphatic heterocycles. The van der Waals surface area contributed by atoms with Gasteiger partial charge in [0.05, 0.1) is 16.1 Å². The number of aryl methyl sites for hydroxylation is 1. The summed E-state index contributed by atoms with van der Waals surface area (Å²) < 4.78 is 0. The molecule has 4 heteroatoms. The Hall–Kier alpha value is -2.00. The predicted octanol–water partition coefficient (Wildman–Crippen LogP) is 6.59. The predicted molar refractivity (Wildman–Crippen MR) is 131 cm³/mol. The van der Waals surface area contributed by atoms with Crippen molar-refractivity contribution in [3.63, 3.8) is 0 Å². The van der Waals surface area contributed by atoms with E-state index in [0.717, 1.165) is 60.5 Å². The van der Waals surface area contributed by atoms with E-state index >= 15 is 0 Å². The van der Waals surface area contributed by atoms with Crippen molar-refractivity contribution in [2.75, 3.05) is 19.6 Å². The Labute approximate surface area is 191 Å². The van der Waals surface area contributed by atoms with E-state index in [0.29, 0.717) is 0 Å². The fraction of sp³-hybridized carbons (Fsp3) is 0.519. The molecule has 1 saturated heterocycles. The highest BCUT2D eigenvalue weighted by molar-refractivity contribution is 6.36. The Morgan fingerprint density at radius 3 is 2.74 bits per heavy atom. The second kappa shape index (κ2) is 8.16. The molecular weight excluding hydrogens is 402 g/mol. The first-order valence-electron chi connectivity index (χ1n) is 12.0. The summed E-state index contributed by atoms with van der Waals surface area (Å²) >= 11 is 6.78. The first-order chi connectivity index (χ1) is 15.0. The molecule has 2 fully saturated rings. The molecule has 0 N–H and O–H groups in total. The van der Waals surface area contributed by atoms with Gasteiger partial charge in [0, 0.05) is 42.1 Å². The molecule has 0 bridgehead atoms. The molecule has 1 saturated carbocycles. The SMILES string of the molecule is C=C(c1ccc2c(Cl)c3c(nc2c1)CCCC3)N1CCN(C(=C)CCCC)C2(CC2)C1. The Morgan fingerprint density at radius 1 is 1.16 bits per heavy atom. The van der Waals surface area contributed by atoms with Crippen LogP contribution in [-0.4, -0.2) is 40.0 Å². The lowest BCUT2D eigenvalue weighted by molar-refractivity contribution is 0.121. The van der Waals surface area contributed by atoms with Gasteiger partial charge in [0.15, 0.2) is 0 Å². The van der Waals surface area contributed by atoms with E-state index in [1.165, 1.54) is 61.0 Å². The molecule has 2 aliphatic carbocycles. The van der Waals surface area contributed by atoms with Crippen molar-refractivity contribution in [2.24, 2.45) is 0 Å². The summed E-state index contributed by atoms with van der Waals surface area (Å²) in [5, 5.41) is 1.99. The van der Waals surface area contributed by atoms with E-state index in [-0.39, 0.29) is 5.54 Å². The summed E-state index contributed by atoms with van der Waals surface area (Å²) in [6, 6.07) is 6.53. The van der Waals surface area contributed by atoms with Crippen LogP contribution in [0.15, 0.2) is 37.1 Å². The van der Waals surface area contributed by atoms with Gasteiger partial charge in [-0.3, -0.25) is 4.98 Å². The second-order valence-corrected chi connectivity index (χ2v) is 10.1. The zero-order valence-electron chi connectivity index (χ0n) is 18.9. The zero-order chi connectivity index (χ0) is 21.6. The molecular formula is C27H34ClN3. The van der Waals surface area contributed by atoms with E-state index in [1.807, 2.05) is 0 Å². The molecule has 2 heterocycles. The van der Waals surface area contributed by atoms with Crippen LogP contribution in [0.1, 0.15) is 68.7 Å². The van der Waals surface area contributed by atoms with Gasteiger partial charge in [-0.25, -0.2) is 0 Å². The largest absolute Gasteiger partial charge is 0.367 e. The van der Waals surface area contributed by atoms with E-state index in [2.05, 4.69) is 48.1 Å². The molecule has 3 aliphatic rings. The van der Waals surface area contributed by atoms with E-state index in [1.54, 1.807) is 0 Å². The summed E-state index contributed by atoms with van der Waals surface area (Å²) in [5.41, 5.74) is 7.37. The summed E-state index contributed by atoms with van der Waals surface area (Å²) in [5.74, 6) is 0. The average molecular weight is 436 g/mol. The minimum atomic E-state index is 0.281. The molecule has 3 nitrogen and oxygen atoms in total. The van der Waals surface area contributed by atoms with Gasteiger partial charge in [-0.1, -0.05) is 50.2 Å². The van der Waals surface area contributed by atoms with Crippen LogP contribution in [-0.2, 0) is 12.8 Å². The quantitative estimate of drug-likeness (QED) is 0.510. The first kappa shape index (κ1) is 20.9. The number of aromatic nitrogens is 1. The number of unbranched alkanes of at least 4 members (excludes halogenated alkanes) is 1. The van der Waals surface area contributed by atoms with Crippen LogP contribution in [0.5, 0.6) is 0 Å². The van der Waals surface area contributed by atoms with Gasteiger partial charge in [-0.05, 0) is 68.6 Å². The van der Waals surface area contributed by atoms with Crippen molar-refractivity contribution in [3.8, 4) is 0 Å². The van der Waals surface area contributed by atoms with Crippen LogP contribution < -0.4 is 0 Å². The third-order valence-corrected chi connectivity index (χ3v) is 8.02. The number of rotatable bonds is 6. The molecule has 2 aromatic rings. The molecule has 1 aromatic carbocycles. The third-order valence-electron chi connectivity index (χ3n) is 7.59. The molecule has 0 radical (unpaired) electrons.